The summed E-state index contributed by atoms with van der Waals surface area (Å²) < 4.78 is 4.82. The number of esters is 1. The minimum atomic E-state index is -0.269. The first-order valence-corrected chi connectivity index (χ1v) is 6.60. The predicted octanol–water partition coefficient (Wildman–Crippen LogP) is 0.738. The SMILES string of the molecule is CCN(CC)C(=O)CN(C)C(C(=O)OC)C1CC1. The van der Waals surface area contributed by atoms with Crippen molar-refractivity contribution in [2.45, 2.75) is 32.7 Å². The second-order valence-corrected chi connectivity index (χ2v) is 4.79. The van der Waals surface area contributed by atoms with Gasteiger partial charge in [0.05, 0.1) is 13.7 Å². The predicted molar refractivity (Wildman–Crippen MR) is 69.1 cm³/mol. The summed E-state index contributed by atoms with van der Waals surface area (Å²) in [5.74, 6) is 0.191. The normalized spacial score (nSPS) is 16.5. The fourth-order valence-corrected chi connectivity index (χ4v) is 2.25. The Bertz CT molecular complexity index is 299. The summed E-state index contributed by atoms with van der Waals surface area (Å²) in [5.41, 5.74) is 0. The number of ether oxygens (including phenoxy) is 1. The van der Waals surface area contributed by atoms with E-state index in [4.69, 9.17) is 4.74 Å². The molecule has 1 unspecified atom stereocenters. The molecule has 0 spiro atoms. The van der Waals surface area contributed by atoms with Gasteiger partial charge in [-0.05, 0) is 39.7 Å². The maximum absolute atomic E-state index is 12.0. The van der Waals surface area contributed by atoms with E-state index in [1.807, 2.05) is 25.8 Å². The highest BCUT2D eigenvalue weighted by molar-refractivity contribution is 5.80. The van der Waals surface area contributed by atoms with Gasteiger partial charge in [-0.15, -0.1) is 0 Å². The minimum Gasteiger partial charge on any atom is -0.468 e. The number of amides is 1. The molecule has 0 heterocycles. The van der Waals surface area contributed by atoms with E-state index in [9.17, 15) is 9.59 Å². The molecule has 0 N–H and O–H groups in total. The van der Waals surface area contributed by atoms with Crippen molar-refractivity contribution in [3.8, 4) is 0 Å². The van der Waals surface area contributed by atoms with Crippen LogP contribution in [0, 0.1) is 5.92 Å². The Balaban J connectivity index is 2.58. The second-order valence-electron chi connectivity index (χ2n) is 4.79. The molecule has 1 aliphatic carbocycles. The first-order chi connectivity index (χ1) is 8.54. The summed E-state index contributed by atoms with van der Waals surface area (Å²) in [6.07, 6.45) is 2.09. The number of carbonyl (C=O) groups excluding carboxylic acids is 2. The molecule has 1 aliphatic rings. The topological polar surface area (TPSA) is 49.9 Å². The van der Waals surface area contributed by atoms with Crippen molar-refractivity contribution in [1.82, 2.24) is 9.80 Å². The Morgan fingerprint density at radius 2 is 1.83 bits per heavy atom. The number of hydrogen-bond donors (Lipinski definition) is 0. The van der Waals surface area contributed by atoms with Crippen LogP contribution in [0.1, 0.15) is 26.7 Å². The molecule has 1 amide bonds. The van der Waals surface area contributed by atoms with Gasteiger partial charge >= 0.3 is 5.97 Å². The lowest BCUT2D eigenvalue weighted by Crippen LogP contribution is -2.47. The Kier molecular flexibility index (Phi) is 5.59. The van der Waals surface area contributed by atoms with Crippen molar-refractivity contribution in [1.29, 1.82) is 0 Å². The Morgan fingerprint density at radius 3 is 2.22 bits per heavy atom. The minimum absolute atomic E-state index is 0.0667. The molecule has 18 heavy (non-hydrogen) atoms. The van der Waals surface area contributed by atoms with Crippen LogP contribution in [0.15, 0.2) is 0 Å². The number of hydrogen-bond acceptors (Lipinski definition) is 4. The van der Waals surface area contributed by atoms with Gasteiger partial charge in [-0.2, -0.15) is 0 Å². The molecule has 0 radical (unpaired) electrons. The smallest absolute Gasteiger partial charge is 0.323 e. The molecule has 0 saturated heterocycles. The third-order valence-corrected chi connectivity index (χ3v) is 3.49. The summed E-state index contributed by atoms with van der Waals surface area (Å²) in [6, 6.07) is -0.269. The number of nitrogens with zero attached hydrogens (tertiary/aromatic N) is 2. The summed E-state index contributed by atoms with van der Waals surface area (Å²) >= 11 is 0. The number of carbonyl (C=O) groups is 2. The van der Waals surface area contributed by atoms with Crippen molar-refractivity contribution in [2.75, 3.05) is 33.8 Å². The second kappa shape index (κ2) is 6.73. The zero-order valence-corrected chi connectivity index (χ0v) is 11.8. The average Bonchev–Trinajstić information content (AvgIpc) is 3.15. The number of rotatable bonds is 7. The Labute approximate surface area is 109 Å². The van der Waals surface area contributed by atoms with Crippen LogP contribution in [0.5, 0.6) is 0 Å². The maximum Gasteiger partial charge on any atom is 0.323 e. The van der Waals surface area contributed by atoms with Crippen LogP contribution in [0.4, 0.5) is 0 Å². The number of likely N-dealkylation sites (N-methyl/N-ethyl adjacent to an activating group) is 2. The molecule has 0 bridgehead atoms. The molecule has 1 saturated carbocycles. The van der Waals surface area contributed by atoms with Gasteiger partial charge in [0, 0.05) is 13.1 Å². The molecule has 1 atom stereocenters. The van der Waals surface area contributed by atoms with Crippen molar-refractivity contribution >= 4 is 11.9 Å². The molecule has 0 aliphatic heterocycles. The third kappa shape index (κ3) is 3.70. The lowest BCUT2D eigenvalue weighted by atomic mass is 10.1. The van der Waals surface area contributed by atoms with Gasteiger partial charge in [-0.25, -0.2) is 0 Å². The number of methoxy groups -OCH3 is 1. The van der Waals surface area contributed by atoms with Crippen LogP contribution >= 0.6 is 0 Å². The fourth-order valence-electron chi connectivity index (χ4n) is 2.25. The lowest BCUT2D eigenvalue weighted by molar-refractivity contribution is -0.148. The Morgan fingerprint density at radius 1 is 1.28 bits per heavy atom. The van der Waals surface area contributed by atoms with E-state index in [0.29, 0.717) is 19.0 Å². The molecular weight excluding hydrogens is 232 g/mol. The summed E-state index contributed by atoms with van der Waals surface area (Å²) in [5, 5.41) is 0. The van der Waals surface area contributed by atoms with E-state index in [1.165, 1.54) is 7.11 Å². The van der Waals surface area contributed by atoms with Crippen LogP contribution in [0.25, 0.3) is 0 Å². The summed E-state index contributed by atoms with van der Waals surface area (Å²) in [4.78, 5) is 27.3. The molecular formula is C13H24N2O3. The molecule has 1 fully saturated rings. The van der Waals surface area contributed by atoms with Gasteiger partial charge in [0.2, 0.25) is 5.91 Å². The van der Waals surface area contributed by atoms with Crippen LogP contribution in [-0.4, -0.2) is 61.5 Å². The zero-order chi connectivity index (χ0) is 13.7. The average molecular weight is 256 g/mol. The van der Waals surface area contributed by atoms with E-state index in [1.54, 1.807) is 4.90 Å². The first-order valence-electron chi connectivity index (χ1n) is 6.60. The van der Waals surface area contributed by atoms with Crippen LogP contribution < -0.4 is 0 Å². The van der Waals surface area contributed by atoms with Crippen LogP contribution in [-0.2, 0) is 14.3 Å². The van der Waals surface area contributed by atoms with Gasteiger partial charge < -0.3 is 9.64 Å². The standard InChI is InChI=1S/C13H24N2O3/c1-5-15(6-2)11(16)9-14(3)12(10-7-8-10)13(17)18-4/h10,12H,5-9H2,1-4H3. The quantitative estimate of drug-likeness (QED) is 0.630. The first kappa shape index (κ1) is 15.0. The third-order valence-electron chi connectivity index (χ3n) is 3.49. The lowest BCUT2D eigenvalue weighted by Gasteiger charge is -2.28. The van der Waals surface area contributed by atoms with Gasteiger partial charge in [-0.1, -0.05) is 0 Å². The highest BCUT2D eigenvalue weighted by Gasteiger charge is 2.40. The van der Waals surface area contributed by atoms with E-state index < -0.39 is 0 Å². The molecule has 0 aromatic carbocycles. The highest BCUT2D eigenvalue weighted by Crippen LogP contribution is 2.35. The largest absolute Gasteiger partial charge is 0.468 e. The van der Waals surface area contributed by atoms with Gasteiger partial charge in [-0.3, -0.25) is 14.5 Å². The van der Waals surface area contributed by atoms with Crippen molar-refractivity contribution in [3.63, 3.8) is 0 Å². The van der Waals surface area contributed by atoms with E-state index in [-0.39, 0.29) is 24.5 Å². The van der Waals surface area contributed by atoms with Crippen LogP contribution in [0.3, 0.4) is 0 Å². The van der Waals surface area contributed by atoms with Gasteiger partial charge in [0.15, 0.2) is 0 Å². The highest BCUT2D eigenvalue weighted by atomic mass is 16.5. The molecule has 5 heteroatoms. The van der Waals surface area contributed by atoms with E-state index in [2.05, 4.69) is 0 Å². The van der Waals surface area contributed by atoms with E-state index in [0.717, 1.165) is 12.8 Å². The zero-order valence-electron chi connectivity index (χ0n) is 11.8. The Hall–Kier alpha value is -1.10. The molecule has 5 nitrogen and oxygen atoms in total. The molecule has 0 aromatic heterocycles. The summed E-state index contributed by atoms with van der Waals surface area (Å²) in [7, 11) is 3.22. The van der Waals surface area contributed by atoms with Crippen molar-refractivity contribution < 1.29 is 14.3 Å². The molecule has 1 rings (SSSR count). The monoisotopic (exact) mass is 256 g/mol. The molecule has 0 aromatic rings. The van der Waals surface area contributed by atoms with Crippen molar-refractivity contribution in [3.05, 3.63) is 0 Å². The molecule has 104 valence electrons. The maximum atomic E-state index is 12.0. The van der Waals surface area contributed by atoms with Crippen molar-refractivity contribution in [2.24, 2.45) is 5.92 Å². The van der Waals surface area contributed by atoms with Gasteiger partial charge in [0.1, 0.15) is 6.04 Å². The van der Waals surface area contributed by atoms with Gasteiger partial charge in [0.25, 0.3) is 0 Å². The van der Waals surface area contributed by atoms with Crippen LogP contribution in [0.2, 0.25) is 0 Å². The fraction of sp³-hybridized carbons (Fsp3) is 0.846. The van der Waals surface area contributed by atoms with E-state index >= 15 is 0 Å². The summed E-state index contributed by atoms with van der Waals surface area (Å²) in [6.45, 7) is 5.60.